The first kappa shape index (κ1) is 29.0. The van der Waals surface area contributed by atoms with Gasteiger partial charge in [-0.3, -0.25) is 14.4 Å². The SMILES string of the molecule is COc1ccc(C2=NN(CCCCC(=O)Nc3ccc(C4=NNC(=O)CC4C)cc3)C(=O)C3CC=CCC23)cc1OC. The highest BCUT2D eigenvalue weighted by Crippen LogP contribution is 2.37. The third-order valence-corrected chi connectivity index (χ3v) is 8.01. The first-order valence-corrected chi connectivity index (χ1v) is 14.4. The number of carbonyl (C=O) groups excluding carboxylic acids is 3. The highest BCUT2D eigenvalue weighted by molar-refractivity contribution is 6.07. The van der Waals surface area contributed by atoms with Gasteiger partial charge >= 0.3 is 0 Å². The van der Waals surface area contributed by atoms with E-state index in [0.717, 1.165) is 29.0 Å². The molecule has 3 atom stereocenters. The lowest BCUT2D eigenvalue weighted by atomic mass is 9.76. The van der Waals surface area contributed by atoms with Crippen molar-refractivity contribution in [1.29, 1.82) is 0 Å². The highest BCUT2D eigenvalue weighted by atomic mass is 16.5. The number of hydrazone groups is 2. The highest BCUT2D eigenvalue weighted by Gasteiger charge is 2.40. The van der Waals surface area contributed by atoms with Crippen LogP contribution in [0.15, 0.2) is 64.8 Å². The molecular weight excluding hydrogens is 534 g/mol. The first-order chi connectivity index (χ1) is 20.4. The summed E-state index contributed by atoms with van der Waals surface area (Å²) in [5.74, 6) is 1.02. The van der Waals surface area contributed by atoms with Crippen LogP contribution in [-0.2, 0) is 14.4 Å². The second-order valence-corrected chi connectivity index (χ2v) is 10.9. The van der Waals surface area contributed by atoms with E-state index in [-0.39, 0.29) is 35.5 Å². The molecule has 0 spiro atoms. The van der Waals surface area contributed by atoms with Gasteiger partial charge in [-0.15, -0.1) is 0 Å². The van der Waals surface area contributed by atoms with Gasteiger partial charge in [0, 0.05) is 42.5 Å². The van der Waals surface area contributed by atoms with E-state index in [4.69, 9.17) is 14.6 Å². The Morgan fingerprint density at radius 1 is 0.952 bits per heavy atom. The molecule has 10 nitrogen and oxygen atoms in total. The zero-order valence-electron chi connectivity index (χ0n) is 24.3. The normalized spacial score (nSPS) is 21.6. The van der Waals surface area contributed by atoms with Gasteiger partial charge in [0.2, 0.25) is 17.7 Å². The van der Waals surface area contributed by atoms with E-state index in [9.17, 15) is 14.4 Å². The van der Waals surface area contributed by atoms with E-state index in [1.165, 1.54) is 0 Å². The van der Waals surface area contributed by atoms with Crippen LogP contribution in [0, 0.1) is 17.8 Å². The number of nitrogens with one attached hydrogen (secondary N) is 2. The molecule has 2 aromatic rings. The number of unbranched alkanes of at least 4 members (excludes halogenated alkanes) is 1. The summed E-state index contributed by atoms with van der Waals surface area (Å²) in [5, 5.41) is 13.5. The Kier molecular flexibility index (Phi) is 9.00. The van der Waals surface area contributed by atoms with Gasteiger partial charge in [0.1, 0.15) is 0 Å². The minimum atomic E-state index is -0.152. The maximum atomic E-state index is 13.3. The number of rotatable bonds is 10. The Morgan fingerprint density at radius 3 is 2.38 bits per heavy atom. The lowest BCUT2D eigenvalue weighted by molar-refractivity contribution is -0.138. The molecule has 0 saturated carbocycles. The quantitative estimate of drug-likeness (QED) is 0.321. The number of allylic oxidation sites excluding steroid dienone is 2. The van der Waals surface area contributed by atoms with Crippen LogP contribution in [0.4, 0.5) is 5.69 Å². The van der Waals surface area contributed by atoms with Crippen LogP contribution in [0.3, 0.4) is 0 Å². The predicted molar refractivity (Wildman–Crippen MR) is 161 cm³/mol. The number of hydrogen-bond donors (Lipinski definition) is 2. The molecule has 3 amide bonds. The fourth-order valence-corrected chi connectivity index (χ4v) is 5.76. The number of carbonyl (C=O) groups is 3. The molecule has 2 aliphatic heterocycles. The van der Waals surface area contributed by atoms with Gasteiger partial charge in [-0.2, -0.15) is 10.2 Å². The van der Waals surface area contributed by atoms with Gasteiger partial charge < -0.3 is 14.8 Å². The lowest BCUT2D eigenvalue weighted by Gasteiger charge is -2.37. The fourth-order valence-electron chi connectivity index (χ4n) is 5.76. The number of nitrogens with zero attached hydrogens (tertiary/aromatic N) is 3. The molecule has 0 radical (unpaired) electrons. The summed E-state index contributed by atoms with van der Waals surface area (Å²) in [6.45, 7) is 2.42. The summed E-state index contributed by atoms with van der Waals surface area (Å²) in [6, 6.07) is 13.2. The Bertz CT molecular complexity index is 1430. The van der Waals surface area contributed by atoms with Crippen LogP contribution in [0.25, 0.3) is 0 Å². The monoisotopic (exact) mass is 571 g/mol. The molecule has 3 unspecified atom stereocenters. The molecule has 0 saturated heterocycles. The molecule has 10 heteroatoms. The van der Waals surface area contributed by atoms with Crippen molar-refractivity contribution in [2.45, 2.75) is 45.4 Å². The van der Waals surface area contributed by atoms with Gasteiger partial charge in [-0.05, 0) is 61.6 Å². The maximum absolute atomic E-state index is 13.3. The Balaban J connectivity index is 1.18. The Morgan fingerprint density at radius 2 is 1.67 bits per heavy atom. The molecule has 0 aromatic heterocycles. The van der Waals surface area contributed by atoms with Crippen molar-refractivity contribution in [2.24, 2.45) is 28.0 Å². The number of amides is 3. The average molecular weight is 572 g/mol. The minimum absolute atomic E-state index is 0.0150. The van der Waals surface area contributed by atoms with E-state index in [2.05, 4.69) is 28.0 Å². The van der Waals surface area contributed by atoms with Crippen molar-refractivity contribution in [3.8, 4) is 11.5 Å². The summed E-state index contributed by atoms with van der Waals surface area (Å²) in [4.78, 5) is 37.5. The fraction of sp³-hybridized carbons (Fsp3) is 0.406. The van der Waals surface area contributed by atoms with Gasteiger partial charge in [0.25, 0.3) is 0 Å². The number of methoxy groups -OCH3 is 2. The number of benzene rings is 2. The minimum Gasteiger partial charge on any atom is -0.493 e. The average Bonchev–Trinajstić information content (AvgIpc) is 3.00. The summed E-state index contributed by atoms with van der Waals surface area (Å²) >= 11 is 0. The van der Waals surface area contributed by atoms with E-state index >= 15 is 0 Å². The van der Waals surface area contributed by atoms with Crippen molar-refractivity contribution < 1.29 is 23.9 Å². The standard InChI is InChI=1S/C32H37N5O5/c1-20-18-29(39)34-35-30(20)21-11-14-23(15-12-21)33-28(38)10-6-7-17-37-32(40)25-9-5-4-8-24(25)31(36-37)22-13-16-26(41-2)27(19-22)42-3/h4-5,11-16,19-20,24-25H,6-10,17-18H2,1-3H3,(H,33,38)(H,34,39). The molecule has 42 heavy (non-hydrogen) atoms. The largest absolute Gasteiger partial charge is 0.493 e. The van der Waals surface area contributed by atoms with Crippen LogP contribution in [-0.4, -0.2) is 54.9 Å². The molecule has 0 fully saturated rings. The van der Waals surface area contributed by atoms with E-state index in [1.807, 2.05) is 49.4 Å². The van der Waals surface area contributed by atoms with Crippen LogP contribution in [0.2, 0.25) is 0 Å². The summed E-state index contributed by atoms with van der Waals surface area (Å²) < 4.78 is 10.9. The van der Waals surface area contributed by atoms with Crippen LogP contribution < -0.4 is 20.2 Å². The van der Waals surface area contributed by atoms with Crippen LogP contribution >= 0.6 is 0 Å². The molecule has 3 aliphatic rings. The van der Waals surface area contributed by atoms with Gasteiger partial charge in [0.15, 0.2) is 11.5 Å². The smallest absolute Gasteiger partial charge is 0.246 e. The second-order valence-electron chi connectivity index (χ2n) is 10.9. The van der Waals surface area contributed by atoms with Crippen molar-refractivity contribution in [2.75, 3.05) is 26.1 Å². The van der Waals surface area contributed by atoms with E-state index < -0.39 is 0 Å². The number of fused-ring (bicyclic) bond motifs is 1. The topological polar surface area (TPSA) is 122 Å². The van der Waals surface area contributed by atoms with Gasteiger partial charge in [0.05, 0.1) is 31.6 Å². The summed E-state index contributed by atoms with van der Waals surface area (Å²) in [7, 11) is 3.21. The van der Waals surface area contributed by atoms with Crippen molar-refractivity contribution >= 4 is 34.8 Å². The van der Waals surface area contributed by atoms with Crippen LogP contribution in [0.1, 0.15) is 56.6 Å². The first-order valence-electron chi connectivity index (χ1n) is 14.4. The van der Waals surface area contributed by atoms with Crippen molar-refractivity contribution in [3.05, 3.63) is 65.7 Å². The molecule has 0 bridgehead atoms. The van der Waals surface area contributed by atoms with Gasteiger partial charge in [-0.25, -0.2) is 10.4 Å². The van der Waals surface area contributed by atoms with Crippen LogP contribution in [0.5, 0.6) is 11.5 Å². The maximum Gasteiger partial charge on any atom is 0.246 e. The van der Waals surface area contributed by atoms with Gasteiger partial charge in [-0.1, -0.05) is 31.2 Å². The second kappa shape index (κ2) is 13.0. The molecular formula is C32H37N5O5. The number of hydrogen-bond acceptors (Lipinski definition) is 7. The van der Waals surface area contributed by atoms with E-state index in [1.54, 1.807) is 19.2 Å². The third-order valence-electron chi connectivity index (χ3n) is 8.01. The molecule has 1 aliphatic carbocycles. The Labute approximate surface area is 245 Å². The zero-order valence-corrected chi connectivity index (χ0v) is 24.3. The van der Waals surface area contributed by atoms with Crippen molar-refractivity contribution in [3.63, 3.8) is 0 Å². The summed E-state index contributed by atoms with van der Waals surface area (Å²) in [5.41, 5.74) is 6.76. The van der Waals surface area contributed by atoms with E-state index in [0.29, 0.717) is 55.8 Å². The number of ether oxygens (including phenoxy) is 2. The Hall–Kier alpha value is -4.47. The molecule has 2 N–H and O–H groups in total. The molecule has 2 aromatic carbocycles. The third kappa shape index (κ3) is 6.37. The van der Waals surface area contributed by atoms with Crippen molar-refractivity contribution in [1.82, 2.24) is 10.4 Å². The number of anilines is 1. The lowest BCUT2D eigenvalue weighted by Crippen LogP contribution is -2.45. The predicted octanol–water partition coefficient (Wildman–Crippen LogP) is 4.50. The molecule has 2 heterocycles. The molecule has 220 valence electrons. The molecule has 5 rings (SSSR count). The zero-order chi connectivity index (χ0) is 29.6. The summed E-state index contributed by atoms with van der Waals surface area (Å²) in [6.07, 6.45) is 7.66.